The maximum absolute atomic E-state index is 13.8. The monoisotopic (exact) mass is 564 g/mol. The lowest BCUT2D eigenvalue weighted by Gasteiger charge is -2.43. The van der Waals surface area contributed by atoms with Crippen LogP contribution in [0.1, 0.15) is 37.8 Å². The molecule has 0 bridgehead atoms. The van der Waals surface area contributed by atoms with E-state index in [1.807, 2.05) is 0 Å². The van der Waals surface area contributed by atoms with Crippen molar-refractivity contribution >= 4 is 27.7 Å². The number of hydrogen-bond acceptors (Lipinski definition) is 6. The summed E-state index contributed by atoms with van der Waals surface area (Å²) in [5.41, 5.74) is -0.892. The zero-order chi connectivity index (χ0) is 28.0. The van der Waals surface area contributed by atoms with E-state index in [9.17, 15) is 34.1 Å². The van der Waals surface area contributed by atoms with Crippen LogP contribution < -0.4 is 15.5 Å². The topological polar surface area (TPSA) is 104 Å². The van der Waals surface area contributed by atoms with Gasteiger partial charge in [0.25, 0.3) is 0 Å². The van der Waals surface area contributed by atoms with E-state index < -0.39 is 50.7 Å². The second kappa shape index (κ2) is 9.14. The Bertz CT molecular complexity index is 1190. The molecular weight excluding hydrogens is 535 g/mol. The van der Waals surface area contributed by atoms with Crippen LogP contribution in [0.5, 0.6) is 0 Å². The summed E-state index contributed by atoms with van der Waals surface area (Å²) < 4.78 is 72.2. The lowest BCUT2D eigenvalue weighted by Crippen LogP contribution is -2.57. The highest BCUT2D eigenvalue weighted by molar-refractivity contribution is 8.45. The van der Waals surface area contributed by atoms with Crippen molar-refractivity contribution in [3.63, 3.8) is 0 Å². The van der Waals surface area contributed by atoms with Crippen LogP contribution in [-0.2, 0) is 14.3 Å². The van der Waals surface area contributed by atoms with Gasteiger partial charge in [-0.2, -0.15) is 0 Å². The number of benzene rings is 1. The third kappa shape index (κ3) is 6.25. The summed E-state index contributed by atoms with van der Waals surface area (Å²) in [5, 5.41) is 15.8. The highest BCUT2D eigenvalue weighted by atomic mass is 32.5. The minimum Gasteiger partial charge on any atom is -0.390 e. The summed E-state index contributed by atoms with van der Waals surface area (Å²) in [6, 6.07) is 2.32. The molecule has 38 heavy (non-hydrogen) atoms. The number of aliphatic hydroxyl groups is 1. The van der Waals surface area contributed by atoms with Gasteiger partial charge in [0.2, 0.25) is 11.8 Å². The van der Waals surface area contributed by atoms with Crippen LogP contribution in [0.25, 0.3) is 0 Å². The molecule has 2 aromatic rings. The predicted octanol–water partition coefficient (Wildman–Crippen LogP) is 4.22. The maximum Gasteiger partial charge on any atom is 0.310 e. The average Bonchev–Trinajstić information content (AvgIpc) is 3.29. The molecule has 1 aromatic carbocycles. The number of halogens is 5. The second-order valence-corrected chi connectivity index (χ2v) is 12.4. The van der Waals surface area contributed by atoms with Crippen LogP contribution >= 0.6 is 10.2 Å². The molecule has 2 heterocycles. The summed E-state index contributed by atoms with van der Waals surface area (Å²) in [6.07, 6.45) is 3.23. The van der Waals surface area contributed by atoms with Gasteiger partial charge in [0.05, 0.1) is 17.7 Å². The van der Waals surface area contributed by atoms with Crippen molar-refractivity contribution in [3.8, 4) is 0 Å². The Labute approximate surface area is 216 Å². The molecule has 0 radical (unpaired) electrons. The number of pyridine rings is 1. The molecule has 3 atom stereocenters. The highest BCUT2D eigenvalue weighted by Gasteiger charge is 2.65. The van der Waals surface area contributed by atoms with E-state index in [-0.39, 0.29) is 48.8 Å². The molecule has 1 aromatic heterocycles. The van der Waals surface area contributed by atoms with E-state index >= 15 is 0 Å². The Kier molecular flexibility index (Phi) is 6.78. The molecule has 4 rings (SSSR count). The first-order chi connectivity index (χ1) is 17.5. The zero-order valence-electron chi connectivity index (χ0n) is 20.6. The molecule has 0 spiro atoms. The molecule has 1 saturated carbocycles. The van der Waals surface area contributed by atoms with Crippen molar-refractivity contribution in [1.82, 2.24) is 15.6 Å². The summed E-state index contributed by atoms with van der Waals surface area (Å²) in [6.45, 7) is 1.94. The third-order valence-corrected chi connectivity index (χ3v) is 7.91. The van der Waals surface area contributed by atoms with Gasteiger partial charge >= 0.3 is 10.2 Å². The Morgan fingerprint density at radius 3 is 2.34 bits per heavy atom. The quantitative estimate of drug-likeness (QED) is 0.415. The summed E-state index contributed by atoms with van der Waals surface area (Å²) in [5.74, 6) is -1.32. The number of methoxy groups -OCH3 is 1. The fourth-order valence-corrected chi connectivity index (χ4v) is 5.50. The number of rotatable bonds is 8. The summed E-state index contributed by atoms with van der Waals surface area (Å²) in [7, 11) is -8.50. The fraction of sp³-hybridized carbons (Fsp3) is 0.458. The Morgan fingerprint density at radius 2 is 1.84 bits per heavy atom. The van der Waals surface area contributed by atoms with Crippen molar-refractivity contribution in [1.29, 1.82) is 0 Å². The van der Waals surface area contributed by atoms with E-state index in [1.54, 1.807) is 6.92 Å². The number of carbonyl (C=O) groups excluding carboxylic acids is 2. The van der Waals surface area contributed by atoms with Crippen molar-refractivity contribution < 1.29 is 38.9 Å². The van der Waals surface area contributed by atoms with Gasteiger partial charge in [-0.15, -0.1) is 0 Å². The molecule has 1 saturated heterocycles. The van der Waals surface area contributed by atoms with E-state index in [1.165, 1.54) is 31.6 Å². The Hall–Kier alpha value is -2.81. The predicted molar refractivity (Wildman–Crippen MR) is 131 cm³/mol. The van der Waals surface area contributed by atoms with Gasteiger partial charge in [0.15, 0.2) is 0 Å². The van der Waals surface area contributed by atoms with Crippen LogP contribution in [0.2, 0.25) is 0 Å². The molecule has 2 aliphatic rings. The fourth-order valence-electron chi connectivity index (χ4n) is 4.85. The van der Waals surface area contributed by atoms with Crippen LogP contribution in [-0.4, -0.2) is 59.3 Å². The number of amides is 2. The first-order valence-electron chi connectivity index (χ1n) is 11.8. The van der Waals surface area contributed by atoms with Crippen LogP contribution in [0.15, 0.2) is 53.7 Å². The molecule has 2 amide bonds. The standard InChI is InChI=1S/C24H29F5N4O4S/c1-24(36)11-16(12-24)32-22(34)21(15-4-3-9-30-13-15)33(23(35)20-10-18(37-2)14-31-20)17-5-7-19(8-6-17)38(25,26,27,28)29/h3-9,13,16,18,20-21,31,36H,10-12,14H2,1-2H3,(H,32,34)/t16?,18?,20-,21?,24?/m1/s1. The van der Waals surface area contributed by atoms with Crippen molar-refractivity contribution in [2.75, 3.05) is 18.6 Å². The molecule has 1 aliphatic heterocycles. The smallest absolute Gasteiger partial charge is 0.310 e. The van der Waals surface area contributed by atoms with E-state index in [0.717, 1.165) is 17.0 Å². The zero-order valence-corrected chi connectivity index (χ0v) is 21.4. The number of hydrogen-bond donors (Lipinski definition) is 3. The first-order valence-corrected chi connectivity index (χ1v) is 13.8. The first kappa shape index (κ1) is 28.2. The molecular formula is C24H29F5N4O4S. The number of nitrogens with zero attached hydrogens (tertiary/aromatic N) is 2. The second-order valence-electron chi connectivity index (χ2n) is 10.0. The van der Waals surface area contributed by atoms with Crippen molar-refractivity contribution in [3.05, 3.63) is 54.4 Å². The molecule has 1 aliphatic carbocycles. The molecule has 14 heteroatoms. The average molecular weight is 565 g/mol. The Balaban J connectivity index is 1.76. The number of ether oxygens (including phenoxy) is 1. The number of aromatic nitrogens is 1. The normalized spacial score (nSPS) is 27.9. The highest BCUT2D eigenvalue weighted by Crippen LogP contribution is 3.02. The van der Waals surface area contributed by atoms with E-state index in [2.05, 4.69) is 15.6 Å². The van der Waals surface area contributed by atoms with Gasteiger partial charge in [-0.05, 0) is 56.5 Å². The van der Waals surface area contributed by atoms with Crippen molar-refractivity contribution in [2.45, 2.75) is 60.9 Å². The lowest BCUT2D eigenvalue weighted by atomic mass is 9.77. The third-order valence-electron chi connectivity index (χ3n) is 6.75. The van der Waals surface area contributed by atoms with Crippen LogP contribution in [0.3, 0.4) is 0 Å². The van der Waals surface area contributed by atoms with E-state index in [4.69, 9.17) is 4.74 Å². The number of nitrogens with one attached hydrogen (secondary N) is 2. The van der Waals surface area contributed by atoms with Gasteiger partial charge in [0.1, 0.15) is 10.9 Å². The SMILES string of the molecule is COC1CN[C@@H](C(=O)N(c2ccc(S(F)(F)(F)(F)F)cc2)C(C(=O)NC2CC(C)(O)C2)c2cccnc2)C1. The largest absolute Gasteiger partial charge is 0.390 e. The molecule has 3 N–H and O–H groups in total. The lowest BCUT2D eigenvalue weighted by molar-refractivity contribution is -0.130. The van der Waals surface area contributed by atoms with Gasteiger partial charge < -0.3 is 20.5 Å². The van der Waals surface area contributed by atoms with Crippen LogP contribution in [0.4, 0.5) is 25.1 Å². The van der Waals surface area contributed by atoms with Crippen molar-refractivity contribution in [2.24, 2.45) is 0 Å². The summed E-state index contributed by atoms with van der Waals surface area (Å²) in [4.78, 5) is 30.3. The van der Waals surface area contributed by atoms with E-state index in [0.29, 0.717) is 6.54 Å². The van der Waals surface area contributed by atoms with Gasteiger partial charge in [-0.1, -0.05) is 25.5 Å². The van der Waals surface area contributed by atoms with Gasteiger partial charge in [-0.25, -0.2) is 0 Å². The van der Waals surface area contributed by atoms with Gasteiger partial charge in [0, 0.05) is 43.3 Å². The molecule has 2 fully saturated rings. The number of carbonyl (C=O) groups is 2. The molecule has 8 nitrogen and oxygen atoms in total. The summed E-state index contributed by atoms with van der Waals surface area (Å²) >= 11 is 0. The Morgan fingerprint density at radius 1 is 1.18 bits per heavy atom. The minimum atomic E-state index is -9.97. The van der Waals surface area contributed by atoms with Crippen LogP contribution in [0, 0.1) is 0 Å². The molecule has 2 unspecified atom stereocenters. The maximum atomic E-state index is 13.8. The van der Waals surface area contributed by atoms with Gasteiger partial charge in [-0.3, -0.25) is 19.5 Å². The minimum absolute atomic E-state index is 0.187. The number of anilines is 1. The molecule has 210 valence electrons.